The number of carbonyl (C=O) groups is 1. The smallest absolute Gasteiger partial charge is 0.137 e. The molecule has 2 aromatic heterocycles. The van der Waals surface area contributed by atoms with Crippen LogP contribution in [0.1, 0.15) is 23.1 Å². The number of carbonyl (C=O) groups excluding carboxylic acids is 1. The summed E-state index contributed by atoms with van der Waals surface area (Å²) in [5.74, 6) is 1.47. The normalized spacial score (nSPS) is 10.6. The van der Waals surface area contributed by atoms with Crippen LogP contribution in [0, 0.1) is 0 Å². The van der Waals surface area contributed by atoms with Gasteiger partial charge < -0.3 is 10.5 Å². The molecule has 32 heavy (non-hydrogen) atoms. The zero-order chi connectivity index (χ0) is 22.2. The lowest BCUT2D eigenvalue weighted by Crippen LogP contribution is -2.04. The summed E-state index contributed by atoms with van der Waals surface area (Å²) in [4.78, 5) is 20.5. The number of benzene rings is 2. The first-order chi connectivity index (χ1) is 15.7. The van der Waals surface area contributed by atoms with E-state index < -0.39 is 0 Å². The van der Waals surface area contributed by atoms with E-state index in [0.717, 1.165) is 40.0 Å². The van der Waals surface area contributed by atoms with Crippen molar-refractivity contribution in [1.82, 2.24) is 9.97 Å². The standard InChI is InChI=1S/C27H25N3O2/c28-27-17-22(13-15-30-27)26-6-2-1-5-23(26)19-32-25-11-8-20(9-12-25)16-24(31)10-7-21-4-3-14-29-18-21/h1-6,8-9,11-15,17-18H,7,10,16,19H2,(H2,28,30). The van der Waals surface area contributed by atoms with Gasteiger partial charge in [-0.15, -0.1) is 0 Å². The second-order valence-electron chi connectivity index (χ2n) is 7.64. The SMILES string of the molecule is Nc1cc(-c2ccccc2COc2ccc(CC(=O)CCc3cccnc3)cc2)ccn1. The number of pyridine rings is 2. The molecule has 0 aliphatic heterocycles. The summed E-state index contributed by atoms with van der Waals surface area (Å²) in [5, 5.41) is 0. The minimum absolute atomic E-state index is 0.216. The Hall–Kier alpha value is -3.99. The number of hydrogen-bond acceptors (Lipinski definition) is 5. The van der Waals surface area contributed by atoms with Gasteiger partial charge in [-0.3, -0.25) is 9.78 Å². The Kier molecular flexibility index (Phi) is 6.88. The molecule has 2 heterocycles. The molecular formula is C27H25N3O2. The van der Waals surface area contributed by atoms with Gasteiger partial charge >= 0.3 is 0 Å². The molecular weight excluding hydrogens is 398 g/mol. The predicted octanol–water partition coefficient (Wildman–Crippen LogP) is 5.05. The molecule has 0 fully saturated rings. The molecule has 5 heteroatoms. The molecule has 4 rings (SSSR count). The minimum atomic E-state index is 0.216. The van der Waals surface area contributed by atoms with E-state index in [1.165, 1.54) is 0 Å². The fourth-order valence-corrected chi connectivity index (χ4v) is 3.55. The van der Waals surface area contributed by atoms with Gasteiger partial charge in [0.1, 0.15) is 24.0 Å². The number of Topliss-reactive ketones (excluding diaryl/α,β-unsaturated/α-hetero) is 1. The van der Waals surface area contributed by atoms with E-state index >= 15 is 0 Å². The molecule has 0 atom stereocenters. The molecule has 160 valence electrons. The first-order valence-electron chi connectivity index (χ1n) is 10.6. The second-order valence-corrected chi connectivity index (χ2v) is 7.64. The summed E-state index contributed by atoms with van der Waals surface area (Å²) in [5.41, 5.74) is 11.0. The molecule has 0 bridgehead atoms. The lowest BCUT2D eigenvalue weighted by atomic mass is 10.0. The number of aryl methyl sites for hydroxylation is 1. The van der Waals surface area contributed by atoms with E-state index in [1.54, 1.807) is 18.6 Å². The van der Waals surface area contributed by atoms with Gasteiger partial charge in [-0.05, 0) is 64.6 Å². The molecule has 4 aromatic rings. The summed E-state index contributed by atoms with van der Waals surface area (Å²) in [6.45, 7) is 0.432. The van der Waals surface area contributed by atoms with E-state index in [2.05, 4.69) is 9.97 Å². The number of nitrogens with two attached hydrogens (primary N) is 1. The highest BCUT2D eigenvalue weighted by Gasteiger charge is 2.08. The van der Waals surface area contributed by atoms with E-state index in [4.69, 9.17) is 10.5 Å². The summed E-state index contributed by atoms with van der Waals surface area (Å²) >= 11 is 0. The number of nitrogens with zero attached hydrogens (tertiary/aromatic N) is 2. The van der Waals surface area contributed by atoms with Gasteiger partial charge in [-0.2, -0.15) is 0 Å². The Bertz CT molecular complexity index is 1170. The molecule has 0 spiro atoms. The molecule has 0 unspecified atom stereocenters. The third-order valence-corrected chi connectivity index (χ3v) is 5.24. The van der Waals surface area contributed by atoms with Crippen LogP contribution >= 0.6 is 0 Å². The van der Waals surface area contributed by atoms with Crippen LogP contribution in [-0.2, 0) is 24.2 Å². The third kappa shape index (κ3) is 5.79. The summed E-state index contributed by atoms with van der Waals surface area (Å²) in [6.07, 6.45) is 6.91. The Morgan fingerprint density at radius 3 is 2.53 bits per heavy atom. The third-order valence-electron chi connectivity index (χ3n) is 5.24. The van der Waals surface area contributed by atoms with Crippen LogP contribution < -0.4 is 10.5 Å². The number of aromatic nitrogens is 2. The van der Waals surface area contributed by atoms with Gasteiger partial charge in [0, 0.05) is 31.4 Å². The topological polar surface area (TPSA) is 78.1 Å². The number of ether oxygens (including phenoxy) is 1. The maximum absolute atomic E-state index is 12.3. The minimum Gasteiger partial charge on any atom is -0.489 e. The highest BCUT2D eigenvalue weighted by Crippen LogP contribution is 2.26. The van der Waals surface area contributed by atoms with Crippen molar-refractivity contribution >= 4 is 11.6 Å². The van der Waals surface area contributed by atoms with E-state index in [1.807, 2.05) is 72.8 Å². The Balaban J connectivity index is 1.33. The summed E-state index contributed by atoms with van der Waals surface area (Å²) in [7, 11) is 0. The number of ketones is 1. The Labute approximate surface area is 187 Å². The molecule has 2 aromatic carbocycles. The summed E-state index contributed by atoms with van der Waals surface area (Å²) in [6, 6.07) is 23.5. The number of nitrogen functional groups attached to an aromatic ring is 1. The van der Waals surface area contributed by atoms with Crippen LogP contribution in [0.15, 0.2) is 91.4 Å². The zero-order valence-electron chi connectivity index (χ0n) is 17.8. The van der Waals surface area contributed by atoms with Crippen molar-refractivity contribution in [3.63, 3.8) is 0 Å². The second kappa shape index (κ2) is 10.4. The lowest BCUT2D eigenvalue weighted by molar-refractivity contribution is -0.118. The van der Waals surface area contributed by atoms with Gasteiger partial charge in [0.15, 0.2) is 0 Å². The van der Waals surface area contributed by atoms with Crippen molar-refractivity contribution in [2.45, 2.75) is 25.9 Å². The van der Waals surface area contributed by atoms with Crippen LogP contribution in [0.2, 0.25) is 0 Å². The van der Waals surface area contributed by atoms with Crippen LogP contribution in [0.5, 0.6) is 5.75 Å². The van der Waals surface area contributed by atoms with Gasteiger partial charge in [0.2, 0.25) is 0 Å². The van der Waals surface area contributed by atoms with E-state index in [0.29, 0.717) is 25.3 Å². The fraction of sp³-hybridized carbons (Fsp3) is 0.148. The monoisotopic (exact) mass is 423 g/mol. The maximum Gasteiger partial charge on any atom is 0.137 e. The van der Waals surface area contributed by atoms with Crippen molar-refractivity contribution in [3.05, 3.63) is 108 Å². The van der Waals surface area contributed by atoms with Gasteiger partial charge in [-0.25, -0.2) is 4.98 Å². The first kappa shape index (κ1) is 21.2. The van der Waals surface area contributed by atoms with Crippen molar-refractivity contribution in [1.29, 1.82) is 0 Å². The first-order valence-corrected chi connectivity index (χ1v) is 10.6. The Morgan fingerprint density at radius 1 is 0.906 bits per heavy atom. The van der Waals surface area contributed by atoms with Crippen LogP contribution in [0.25, 0.3) is 11.1 Å². The van der Waals surface area contributed by atoms with Crippen molar-refractivity contribution < 1.29 is 9.53 Å². The molecule has 0 radical (unpaired) electrons. The molecule has 0 amide bonds. The highest BCUT2D eigenvalue weighted by atomic mass is 16.5. The molecule has 0 saturated heterocycles. The molecule has 2 N–H and O–H groups in total. The highest BCUT2D eigenvalue weighted by molar-refractivity contribution is 5.81. The van der Waals surface area contributed by atoms with Crippen molar-refractivity contribution in [2.75, 3.05) is 5.73 Å². The molecule has 0 aliphatic rings. The fourth-order valence-electron chi connectivity index (χ4n) is 3.55. The quantitative estimate of drug-likeness (QED) is 0.408. The predicted molar refractivity (Wildman–Crippen MR) is 126 cm³/mol. The number of rotatable bonds is 9. The number of anilines is 1. The molecule has 0 aliphatic carbocycles. The molecule has 5 nitrogen and oxygen atoms in total. The van der Waals surface area contributed by atoms with Crippen molar-refractivity contribution in [3.8, 4) is 16.9 Å². The average molecular weight is 424 g/mol. The molecule has 0 saturated carbocycles. The summed E-state index contributed by atoms with van der Waals surface area (Å²) < 4.78 is 6.01. The largest absolute Gasteiger partial charge is 0.489 e. The van der Waals surface area contributed by atoms with E-state index in [9.17, 15) is 4.79 Å². The van der Waals surface area contributed by atoms with Crippen LogP contribution in [0.4, 0.5) is 5.82 Å². The van der Waals surface area contributed by atoms with Crippen molar-refractivity contribution in [2.24, 2.45) is 0 Å². The maximum atomic E-state index is 12.3. The van der Waals surface area contributed by atoms with Crippen LogP contribution in [-0.4, -0.2) is 15.8 Å². The van der Waals surface area contributed by atoms with Gasteiger partial charge in [-0.1, -0.05) is 42.5 Å². The number of hydrogen-bond donors (Lipinski definition) is 1. The van der Waals surface area contributed by atoms with Gasteiger partial charge in [0.25, 0.3) is 0 Å². The van der Waals surface area contributed by atoms with Crippen LogP contribution in [0.3, 0.4) is 0 Å². The zero-order valence-corrected chi connectivity index (χ0v) is 17.8. The van der Waals surface area contributed by atoms with Gasteiger partial charge in [0.05, 0.1) is 0 Å². The van der Waals surface area contributed by atoms with E-state index in [-0.39, 0.29) is 5.78 Å². The average Bonchev–Trinajstić information content (AvgIpc) is 2.83. The lowest BCUT2D eigenvalue weighted by Gasteiger charge is -2.12. The Morgan fingerprint density at radius 2 is 1.75 bits per heavy atom.